The topological polar surface area (TPSA) is 49.3 Å². The van der Waals surface area contributed by atoms with Crippen molar-refractivity contribution in [3.8, 4) is 0 Å². The number of nitrogens with one attached hydrogen (secondary N) is 1. The van der Waals surface area contributed by atoms with Crippen LogP contribution in [0.3, 0.4) is 0 Å². The van der Waals surface area contributed by atoms with Gasteiger partial charge in [-0.25, -0.2) is 0 Å². The van der Waals surface area contributed by atoms with E-state index in [-0.39, 0.29) is 18.6 Å². The van der Waals surface area contributed by atoms with Crippen LogP contribution in [0.1, 0.15) is 20.3 Å². The minimum Gasteiger partial charge on any atom is -0.394 e. The first-order chi connectivity index (χ1) is 8.61. The molecule has 4 heteroatoms. The van der Waals surface area contributed by atoms with Crippen molar-refractivity contribution in [2.24, 2.45) is 5.92 Å². The van der Waals surface area contributed by atoms with Gasteiger partial charge in [-0.1, -0.05) is 32.0 Å². The van der Waals surface area contributed by atoms with Gasteiger partial charge < -0.3 is 10.4 Å². The summed E-state index contributed by atoms with van der Waals surface area (Å²) in [7, 11) is 0. The summed E-state index contributed by atoms with van der Waals surface area (Å²) < 4.78 is 0. The molecular formula is C14H21NO2S. The molecule has 100 valence electrons. The van der Waals surface area contributed by atoms with E-state index in [0.717, 1.165) is 11.3 Å². The van der Waals surface area contributed by atoms with E-state index in [0.29, 0.717) is 11.7 Å². The van der Waals surface area contributed by atoms with Crippen LogP contribution in [0.5, 0.6) is 0 Å². The quantitative estimate of drug-likeness (QED) is 0.745. The van der Waals surface area contributed by atoms with Gasteiger partial charge in [0.15, 0.2) is 0 Å². The number of hydrogen-bond acceptors (Lipinski definition) is 3. The van der Waals surface area contributed by atoms with Gasteiger partial charge in [0.1, 0.15) is 0 Å². The first-order valence-electron chi connectivity index (χ1n) is 6.20. The maximum Gasteiger partial charge on any atom is 0.230 e. The van der Waals surface area contributed by atoms with E-state index >= 15 is 0 Å². The molecule has 1 aromatic carbocycles. The zero-order valence-corrected chi connectivity index (χ0v) is 11.7. The number of aliphatic hydroxyl groups excluding tert-OH is 1. The second-order valence-electron chi connectivity index (χ2n) is 4.68. The fourth-order valence-corrected chi connectivity index (χ4v) is 2.41. The van der Waals surface area contributed by atoms with Crippen molar-refractivity contribution in [2.75, 3.05) is 12.4 Å². The largest absolute Gasteiger partial charge is 0.394 e. The Balaban J connectivity index is 2.32. The highest BCUT2D eigenvalue weighted by atomic mass is 32.2. The highest BCUT2D eigenvalue weighted by molar-refractivity contribution is 8.00. The molecule has 0 saturated heterocycles. The minimum atomic E-state index is -0.131. The summed E-state index contributed by atoms with van der Waals surface area (Å²) in [6, 6.07) is 9.69. The summed E-state index contributed by atoms with van der Waals surface area (Å²) in [5, 5.41) is 12.0. The molecule has 1 aromatic rings. The van der Waals surface area contributed by atoms with Gasteiger partial charge in [0.05, 0.1) is 18.4 Å². The summed E-state index contributed by atoms with van der Waals surface area (Å²) >= 11 is 1.51. The molecule has 2 N–H and O–H groups in total. The normalized spacial score (nSPS) is 12.4. The van der Waals surface area contributed by atoms with Crippen molar-refractivity contribution >= 4 is 17.7 Å². The SMILES string of the molecule is CC(C)CC(CO)NC(=O)CSc1ccccc1. The fourth-order valence-electron chi connectivity index (χ4n) is 1.68. The van der Waals surface area contributed by atoms with E-state index in [2.05, 4.69) is 19.2 Å². The van der Waals surface area contributed by atoms with E-state index in [9.17, 15) is 9.90 Å². The van der Waals surface area contributed by atoms with Gasteiger partial charge in [0.25, 0.3) is 0 Å². The highest BCUT2D eigenvalue weighted by Gasteiger charge is 2.12. The molecule has 18 heavy (non-hydrogen) atoms. The number of amides is 1. The molecule has 0 bridgehead atoms. The zero-order chi connectivity index (χ0) is 13.4. The molecule has 1 atom stereocenters. The summed E-state index contributed by atoms with van der Waals surface area (Å²) in [5.74, 6) is 0.825. The molecule has 1 amide bonds. The van der Waals surface area contributed by atoms with Crippen molar-refractivity contribution in [3.05, 3.63) is 30.3 Å². The number of hydrogen-bond donors (Lipinski definition) is 2. The van der Waals surface area contributed by atoms with Gasteiger partial charge in [0, 0.05) is 4.90 Å². The number of carbonyl (C=O) groups excluding carboxylic acids is 1. The third-order valence-electron chi connectivity index (χ3n) is 2.45. The average Bonchev–Trinajstić information content (AvgIpc) is 2.36. The lowest BCUT2D eigenvalue weighted by atomic mass is 10.0. The predicted octanol–water partition coefficient (Wildman–Crippen LogP) is 2.30. The first kappa shape index (κ1) is 15.1. The maximum absolute atomic E-state index is 11.7. The summed E-state index contributed by atoms with van der Waals surface area (Å²) in [6.45, 7) is 4.15. The summed E-state index contributed by atoms with van der Waals surface area (Å²) in [6.07, 6.45) is 0.804. The van der Waals surface area contributed by atoms with E-state index in [1.165, 1.54) is 11.8 Å². The van der Waals surface area contributed by atoms with Gasteiger partial charge in [0.2, 0.25) is 5.91 Å². The Bertz CT molecular complexity index is 354. The number of aliphatic hydroxyl groups is 1. The van der Waals surface area contributed by atoms with Gasteiger partial charge in [-0.3, -0.25) is 4.79 Å². The number of thioether (sulfide) groups is 1. The van der Waals surface area contributed by atoms with Crippen LogP contribution in [0, 0.1) is 5.92 Å². The second kappa shape index (κ2) is 8.16. The number of benzene rings is 1. The molecule has 1 unspecified atom stereocenters. The van der Waals surface area contributed by atoms with Crippen LogP contribution < -0.4 is 5.32 Å². The minimum absolute atomic E-state index is 0.0000757. The lowest BCUT2D eigenvalue weighted by Gasteiger charge is -2.18. The third-order valence-corrected chi connectivity index (χ3v) is 3.47. The van der Waals surface area contributed by atoms with Gasteiger partial charge in [-0.15, -0.1) is 11.8 Å². The fraction of sp³-hybridized carbons (Fsp3) is 0.500. The third kappa shape index (κ3) is 6.07. The molecule has 0 heterocycles. The molecule has 0 aliphatic heterocycles. The molecule has 1 rings (SSSR count). The zero-order valence-electron chi connectivity index (χ0n) is 10.9. The van der Waals surface area contributed by atoms with Crippen molar-refractivity contribution < 1.29 is 9.90 Å². The van der Waals surface area contributed by atoms with Crippen LogP contribution >= 0.6 is 11.8 Å². The second-order valence-corrected chi connectivity index (χ2v) is 5.73. The van der Waals surface area contributed by atoms with E-state index in [4.69, 9.17) is 0 Å². The van der Waals surface area contributed by atoms with E-state index in [1.54, 1.807) is 0 Å². The summed E-state index contributed by atoms with van der Waals surface area (Å²) in [5.41, 5.74) is 0. The molecule has 0 saturated carbocycles. The van der Waals surface area contributed by atoms with Gasteiger partial charge in [-0.05, 0) is 24.5 Å². The lowest BCUT2D eigenvalue weighted by Crippen LogP contribution is -2.39. The van der Waals surface area contributed by atoms with E-state index < -0.39 is 0 Å². The van der Waals surface area contributed by atoms with E-state index in [1.807, 2.05) is 30.3 Å². The Morgan fingerprint density at radius 2 is 2.00 bits per heavy atom. The van der Waals surface area contributed by atoms with Crippen molar-refractivity contribution in [2.45, 2.75) is 31.2 Å². The highest BCUT2D eigenvalue weighted by Crippen LogP contribution is 2.16. The lowest BCUT2D eigenvalue weighted by molar-refractivity contribution is -0.119. The molecule has 0 aromatic heterocycles. The monoisotopic (exact) mass is 267 g/mol. The number of rotatable bonds is 7. The van der Waals surface area contributed by atoms with Crippen LogP contribution in [0.4, 0.5) is 0 Å². The first-order valence-corrected chi connectivity index (χ1v) is 7.18. The van der Waals surface area contributed by atoms with Crippen LogP contribution in [0.2, 0.25) is 0 Å². The molecule has 0 aliphatic carbocycles. The van der Waals surface area contributed by atoms with Crippen LogP contribution in [-0.4, -0.2) is 29.4 Å². The molecule has 0 radical (unpaired) electrons. The van der Waals surface area contributed by atoms with Crippen molar-refractivity contribution in [3.63, 3.8) is 0 Å². The predicted molar refractivity (Wildman–Crippen MR) is 75.6 cm³/mol. The van der Waals surface area contributed by atoms with Gasteiger partial charge in [-0.2, -0.15) is 0 Å². The Kier molecular flexibility index (Phi) is 6.83. The molecule has 0 spiro atoms. The standard InChI is InChI=1S/C14H21NO2S/c1-11(2)8-12(9-16)15-14(17)10-18-13-6-4-3-5-7-13/h3-7,11-12,16H,8-10H2,1-2H3,(H,15,17). The number of carbonyl (C=O) groups is 1. The smallest absolute Gasteiger partial charge is 0.230 e. The molecular weight excluding hydrogens is 246 g/mol. The van der Waals surface area contributed by atoms with Crippen LogP contribution in [0.25, 0.3) is 0 Å². The maximum atomic E-state index is 11.7. The molecule has 3 nitrogen and oxygen atoms in total. The van der Waals surface area contributed by atoms with Crippen LogP contribution in [-0.2, 0) is 4.79 Å². The Morgan fingerprint density at radius 3 is 2.56 bits per heavy atom. The van der Waals surface area contributed by atoms with Crippen molar-refractivity contribution in [1.82, 2.24) is 5.32 Å². The van der Waals surface area contributed by atoms with Gasteiger partial charge >= 0.3 is 0 Å². The Hall–Kier alpha value is -1.00. The average molecular weight is 267 g/mol. The Morgan fingerprint density at radius 1 is 1.33 bits per heavy atom. The summed E-state index contributed by atoms with van der Waals surface area (Å²) in [4.78, 5) is 12.8. The Labute approximate surface area is 113 Å². The molecule has 0 fully saturated rings. The molecule has 0 aliphatic rings. The van der Waals surface area contributed by atoms with Crippen LogP contribution in [0.15, 0.2) is 35.2 Å². The van der Waals surface area contributed by atoms with Crippen molar-refractivity contribution in [1.29, 1.82) is 0 Å².